The molecule has 1 aromatic carbocycles. The Morgan fingerprint density at radius 3 is 2.55 bits per heavy atom. The molecule has 0 unspecified atom stereocenters. The Morgan fingerprint density at radius 2 is 1.90 bits per heavy atom. The van der Waals surface area contributed by atoms with E-state index in [1.165, 1.54) is 5.56 Å². The Labute approximate surface area is 120 Å². The molecule has 1 aromatic heterocycles. The summed E-state index contributed by atoms with van der Waals surface area (Å²) in [4.78, 5) is 6.75. The van der Waals surface area contributed by atoms with E-state index in [1.54, 1.807) is 7.11 Å². The lowest BCUT2D eigenvalue weighted by Crippen LogP contribution is -2.24. The fraction of sp³-hybridized carbons (Fsp3) is 0.312. The third-order valence-corrected chi connectivity index (χ3v) is 3.09. The van der Waals surface area contributed by atoms with Crippen molar-refractivity contribution < 1.29 is 4.74 Å². The molecule has 4 nitrogen and oxygen atoms in total. The molecule has 20 heavy (non-hydrogen) atoms. The highest BCUT2D eigenvalue weighted by Crippen LogP contribution is 2.19. The van der Waals surface area contributed by atoms with Crippen LogP contribution in [0.15, 0.2) is 42.5 Å². The predicted octanol–water partition coefficient (Wildman–Crippen LogP) is 3.09. The fourth-order valence-corrected chi connectivity index (χ4v) is 2.08. The molecule has 0 aliphatic rings. The number of nitrogen functional groups attached to an aromatic ring is 1. The molecule has 0 saturated heterocycles. The number of hydrogen-bond acceptors (Lipinski definition) is 4. The van der Waals surface area contributed by atoms with Crippen LogP contribution in [0.1, 0.15) is 18.9 Å². The minimum absolute atomic E-state index is 0.640. The van der Waals surface area contributed by atoms with Gasteiger partial charge in [-0.15, -0.1) is 0 Å². The lowest BCUT2D eigenvalue weighted by Gasteiger charge is -2.23. The van der Waals surface area contributed by atoms with Crippen molar-refractivity contribution in [3.05, 3.63) is 48.0 Å². The van der Waals surface area contributed by atoms with Crippen LogP contribution in [0, 0.1) is 0 Å². The summed E-state index contributed by atoms with van der Waals surface area (Å²) >= 11 is 0. The normalized spacial score (nSPS) is 10.3. The first-order chi connectivity index (χ1) is 9.72. The number of nitrogens with two attached hydrogens (primary N) is 1. The molecule has 2 aromatic rings. The molecule has 0 saturated carbocycles. The molecule has 0 amide bonds. The number of aromatic nitrogens is 1. The van der Waals surface area contributed by atoms with Gasteiger partial charge in [0.05, 0.1) is 7.11 Å². The number of anilines is 2. The molecule has 0 bridgehead atoms. The van der Waals surface area contributed by atoms with Crippen LogP contribution in [0.2, 0.25) is 0 Å². The van der Waals surface area contributed by atoms with E-state index in [0.717, 1.165) is 31.0 Å². The Morgan fingerprint density at radius 1 is 1.15 bits per heavy atom. The van der Waals surface area contributed by atoms with Gasteiger partial charge in [-0.3, -0.25) is 0 Å². The second-order valence-corrected chi connectivity index (χ2v) is 4.70. The van der Waals surface area contributed by atoms with Crippen molar-refractivity contribution in [1.29, 1.82) is 0 Å². The van der Waals surface area contributed by atoms with Crippen molar-refractivity contribution in [3.63, 3.8) is 0 Å². The third-order valence-electron chi connectivity index (χ3n) is 3.09. The standard InChI is InChI=1S/C16H21N3O/c1-3-11-19(12-13-7-9-14(17)10-8-13)15-5-4-6-16(18-15)20-2/h4-10H,3,11-12,17H2,1-2H3. The van der Waals surface area contributed by atoms with Crippen LogP contribution in [0.5, 0.6) is 5.88 Å². The van der Waals surface area contributed by atoms with Crippen molar-refractivity contribution in [3.8, 4) is 5.88 Å². The van der Waals surface area contributed by atoms with Gasteiger partial charge < -0.3 is 15.4 Å². The van der Waals surface area contributed by atoms with E-state index >= 15 is 0 Å². The quantitative estimate of drug-likeness (QED) is 0.820. The first-order valence-electron chi connectivity index (χ1n) is 6.83. The summed E-state index contributed by atoms with van der Waals surface area (Å²) in [6.07, 6.45) is 1.06. The van der Waals surface area contributed by atoms with Crippen molar-refractivity contribution in [1.82, 2.24) is 4.98 Å². The van der Waals surface area contributed by atoms with Crippen molar-refractivity contribution in [2.45, 2.75) is 19.9 Å². The van der Waals surface area contributed by atoms with Crippen LogP contribution in [-0.4, -0.2) is 18.6 Å². The van der Waals surface area contributed by atoms with Crippen LogP contribution < -0.4 is 15.4 Å². The monoisotopic (exact) mass is 271 g/mol. The van der Waals surface area contributed by atoms with E-state index in [9.17, 15) is 0 Å². The zero-order valence-electron chi connectivity index (χ0n) is 12.0. The van der Waals surface area contributed by atoms with Crippen LogP contribution in [0.4, 0.5) is 11.5 Å². The van der Waals surface area contributed by atoms with Crippen LogP contribution in [0.3, 0.4) is 0 Å². The zero-order valence-corrected chi connectivity index (χ0v) is 12.0. The number of benzene rings is 1. The van der Waals surface area contributed by atoms with Gasteiger partial charge in [0.1, 0.15) is 5.82 Å². The number of rotatable bonds is 6. The van der Waals surface area contributed by atoms with Gasteiger partial charge in [-0.1, -0.05) is 25.1 Å². The molecule has 0 atom stereocenters. The Balaban J connectivity index is 2.19. The summed E-state index contributed by atoms with van der Waals surface area (Å²) in [5, 5.41) is 0. The summed E-state index contributed by atoms with van der Waals surface area (Å²) in [5.41, 5.74) is 7.73. The van der Waals surface area contributed by atoms with Gasteiger partial charge in [-0.05, 0) is 30.2 Å². The molecule has 4 heteroatoms. The molecule has 0 spiro atoms. The molecule has 0 aliphatic carbocycles. The predicted molar refractivity (Wildman–Crippen MR) is 83.0 cm³/mol. The fourth-order valence-electron chi connectivity index (χ4n) is 2.08. The molecule has 1 heterocycles. The minimum Gasteiger partial charge on any atom is -0.481 e. The van der Waals surface area contributed by atoms with Gasteiger partial charge in [-0.25, -0.2) is 0 Å². The Bertz CT molecular complexity index is 540. The molecule has 0 fully saturated rings. The van der Waals surface area contributed by atoms with Crippen LogP contribution in [0.25, 0.3) is 0 Å². The zero-order chi connectivity index (χ0) is 14.4. The van der Waals surface area contributed by atoms with Crippen LogP contribution in [-0.2, 0) is 6.54 Å². The molecule has 106 valence electrons. The van der Waals surface area contributed by atoms with Crippen molar-refractivity contribution in [2.24, 2.45) is 0 Å². The third kappa shape index (κ3) is 3.63. The van der Waals surface area contributed by atoms with E-state index < -0.39 is 0 Å². The topological polar surface area (TPSA) is 51.4 Å². The van der Waals surface area contributed by atoms with Gasteiger partial charge in [-0.2, -0.15) is 4.98 Å². The summed E-state index contributed by atoms with van der Waals surface area (Å²) < 4.78 is 5.19. The molecular weight excluding hydrogens is 250 g/mol. The number of nitrogens with zero attached hydrogens (tertiary/aromatic N) is 2. The summed E-state index contributed by atoms with van der Waals surface area (Å²) in [6, 6.07) is 13.8. The molecule has 0 radical (unpaired) electrons. The average molecular weight is 271 g/mol. The molecule has 0 aliphatic heterocycles. The highest BCUT2D eigenvalue weighted by molar-refractivity contribution is 5.44. The van der Waals surface area contributed by atoms with Gasteiger partial charge in [0.2, 0.25) is 5.88 Å². The van der Waals surface area contributed by atoms with E-state index in [0.29, 0.717) is 5.88 Å². The summed E-state index contributed by atoms with van der Waals surface area (Å²) in [5.74, 6) is 1.57. The molecule has 2 N–H and O–H groups in total. The van der Waals surface area contributed by atoms with Crippen molar-refractivity contribution >= 4 is 11.5 Å². The lowest BCUT2D eigenvalue weighted by atomic mass is 10.2. The number of methoxy groups -OCH3 is 1. The van der Waals surface area contributed by atoms with Gasteiger partial charge >= 0.3 is 0 Å². The summed E-state index contributed by atoms with van der Waals surface area (Å²) in [6.45, 7) is 3.93. The highest BCUT2D eigenvalue weighted by Gasteiger charge is 2.09. The second kappa shape index (κ2) is 6.80. The summed E-state index contributed by atoms with van der Waals surface area (Å²) in [7, 11) is 1.64. The van der Waals surface area contributed by atoms with Crippen molar-refractivity contribution in [2.75, 3.05) is 24.3 Å². The number of pyridine rings is 1. The maximum absolute atomic E-state index is 5.72. The van der Waals surface area contributed by atoms with Gasteiger partial charge in [0.25, 0.3) is 0 Å². The van der Waals surface area contributed by atoms with E-state index in [4.69, 9.17) is 10.5 Å². The van der Waals surface area contributed by atoms with E-state index in [-0.39, 0.29) is 0 Å². The highest BCUT2D eigenvalue weighted by atomic mass is 16.5. The number of ether oxygens (including phenoxy) is 1. The smallest absolute Gasteiger partial charge is 0.214 e. The second-order valence-electron chi connectivity index (χ2n) is 4.70. The van der Waals surface area contributed by atoms with Crippen LogP contribution >= 0.6 is 0 Å². The first kappa shape index (κ1) is 14.2. The SMILES string of the molecule is CCCN(Cc1ccc(N)cc1)c1cccc(OC)n1. The lowest BCUT2D eigenvalue weighted by molar-refractivity contribution is 0.397. The van der Waals surface area contributed by atoms with Gasteiger partial charge in [0, 0.05) is 24.8 Å². The molecule has 2 rings (SSSR count). The Hall–Kier alpha value is -2.23. The maximum Gasteiger partial charge on any atom is 0.214 e. The first-order valence-corrected chi connectivity index (χ1v) is 6.83. The molecular formula is C16H21N3O. The van der Waals surface area contributed by atoms with E-state index in [2.05, 4.69) is 28.9 Å². The minimum atomic E-state index is 0.640. The van der Waals surface area contributed by atoms with E-state index in [1.807, 2.05) is 30.3 Å². The largest absolute Gasteiger partial charge is 0.481 e. The number of hydrogen-bond donors (Lipinski definition) is 1. The average Bonchev–Trinajstić information content (AvgIpc) is 2.49. The Kier molecular flexibility index (Phi) is 4.82. The maximum atomic E-state index is 5.72. The van der Waals surface area contributed by atoms with Gasteiger partial charge in [0.15, 0.2) is 0 Å².